The number of aliphatic carboxylic acids is 1. The molecule has 7 nitrogen and oxygen atoms in total. The molecule has 1 aliphatic rings. The van der Waals surface area contributed by atoms with Crippen LogP contribution >= 0.6 is 0 Å². The molecule has 0 aromatic heterocycles. The Morgan fingerprint density at radius 2 is 1.94 bits per heavy atom. The minimum atomic E-state index is -1.47. The number of carboxylic acid groups (broad SMARTS) is 1. The normalized spacial score (nSPS) is 20.2. The van der Waals surface area contributed by atoms with Gasteiger partial charge in [0.05, 0.1) is 12.0 Å². The van der Waals surface area contributed by atoms with Crippen molar-refractivity contribution in [1.82, 2.24) is 10.2 Å². The first-order valence-corrected chi connectivity index (χ1v) is 7.11. The highest BCUT2D eigenvalue weighted by atomic mass is 32.2. The fourth-order valence-corrected chi connectivity index (χ4v) is 2.66. The smallest absolute Gasteiger partial charge is 0.317 e. The lowest BCUT2D eigenvalue weighted by atomic mass is 10.0. The number of carboxylic acids is 1. The van der Waals surface area contributed by atoms with E-state index in [1.54, 1.807) is 0 Å². The Labute approximate surface area is 108 Å². The molecule has 0 radical (unpaired) electrons. The van der Waals surface area contributed by atoms with Gasteiger partial charge >= 0.3 is 12.0 Å². The average Bonchev–Trinajstić information content (AvgIpc) is 2.25. The number of hydrogen-bond donors (Lipinski definition) is 3. The van der Waals surface area contributed by atoms with Crippen molar-refractivity contribution in [3.05, 3.63) is 0 Å². The molecular formula is C10H18N2O5S. The third kappa shape index (κ3) is 5.01. The zero-order valence-electron chi connectivity index (χ0n) is 10.2. The van der Waals surface area contributed by atoms with E-state index in [-0.39, 0.29) is 12.6 Å². The van der Waals surface area contributed by atoms with Crippen LogP contribution < -0.4 is 5.32 Å². The van der Waals surface area contributed by atoms with Gasteiger partial charge < -0.3 is 20.4 Å². The van der Waals surface area contributed by atoms with Crippen LogP contribution in [0.2, 0.25) is 0 Å². The fraction of sp³-hybridized carbons (Fsp3) is 0.800. The van der Waals surface area contributed by atoms with Gasteiger partial charge in [0.2, 0.25) is 0 Å². The van der Waals surface area contributed by atoms with Gasteiger partial charge in [0.25, 0.3) is 0 Å². The highest BCUT2D eigenvalue weighted by molar-refractivity contribution is 7.85. The summed E-state index contributed by atoms with van der Waals surface area (Å²) in [5.41, 5.74) is -1.47. The lowest BCUT2D eigenvalue weighted by molar-refractivity contribution is -0.141. The first-order valence-electron chi connectivity index (χ1n) is 5.62. The number of amides is 2. The molecule has 2 amide bonds. The van der Waals surface area contributed by atoms with Crippen molar-refractivity contribution >= 4 is 22.8 Å². The predicted molar refractivity (Wildman–Crippen MR) is 65.7 cm³/mol. The van der Waals surface area contributed by atoms with Gasteiger partial charge in [-0.1, -0.05) is 0 Å². The Hall–Kier alpha value is -1.15. The van der Waals surface area contributed by atoms with E-state index in [9.17, 15) is 18.9 Å². The van der Waals surface area contributed by atoms with E-state index >= 15 is 0 Å². The van der Waals surface area contributed by atoms with Gasteiger partial charge in [-0.05, 0) is 6.92 Å². The Morgan fingerprint density at radius 1 is 1.39 bits per heavy atom. The van der Waals surface area contributed by atoms with Gasteiger partial charge in [-0.3, -0.25) is 9.00 Å². The van der Waals surface area contributed by atoms with Crippen LogP contribution in [0.4, 0.5) is 4.79 Å². The van der Waals surface area contributed by atoms with Crippen molar-refractivity contribution in [3.63, 3.8) is 0 Å². The van der Waals surface area contributed by atoms with Gasteiger partial charge in [0, 0.05) is 41.9 Å². The summed E-state index contributed by atoms with van der Waals surface area (Å²) in [6.07, 6.45) is -0.433. The topological polar surface area (TPSA) is 107 Å². The van der Waals surface area contributed by atoms with Crippen molar-refractivity contribution in [3.8, 4) is 0 Å². The maximum absolute atomic E-state index is 11.7. The van der Waals surface area contributed by atoms with Crippen LogP contribution in [0.1, 0.15) is 13.3 Å². The molecule has 0 bridgehead atoms. The molecule has 1 atom stereocenters. The van der Waals surface area contributed by atoms with Crippen molar-refractivity contribution in [2.45, 2.75) is 18.9 Å². The first-order chi connectivity index (χ1) is 8.30. The SMILES string of the molecule is CC(O)(CNC(=O)N1CCS(=O)CC1)CC(=O)O. The second kappa shape index (κ2) is 6.14. The van der Waals surface area contributed by atoms with E-state index in [1.807, 2.05) is 0 Å². The number of nitrogens with one attached hydrogen (secondary N) is 1. The van der Waals surface area contributed by atoms with Crippen molar-refractivity contribution < 1.29 is 24.0 Å². The van der Waals surface area contributed by atoms with E-state index in [1.165, 1.54) is 11.8 Å². The maximum Gasteiger partial charge on any atom is 0.317 e. The zero-order valence-corrected chi connectivity index (χ0v) is 11.0. The van der Waals surface area contributed by atoms with Gasteiger partial charge in [-0.15, -0.1) is 0 Å². The minimum Gasteiger partial charge on any atom is -0.481 e. The Morgan fingerprint density at radius 3 is 2.44 bits per heavy atom. The third-order valence-electron chi connectivity index (χ3n) is 2.62. The Balaban J connectivity index is 2.36. The van der Waals surface area contributed by atoms with Gasteiger partial charge in [-0.2, -0.15) is 0 Å². The van der Waals surface area contributed by atoms with Gasteiger partial charge in [0.15, 0.2) is 0 Å². The molecule has 1 saturated heterocycles. The van der Waals surface area contributed by atoms with Crippen molar-refractivity contribution in [1.29, 1.82) is 0 Å². The lowest BCUT2D eigenvalue weighted by Crippen LogP contribution is -2.50. The summed E-state index contributed by atoms with van der Waals surface area (Å²) >= 11 is 0. The molecule has 18 heavy (non-hydrogen) atoms. The summed E-state index contributed by atoms with van der Waals surface area (Å²) in [6, 6.07) is -0.364. The molecule has 1 rings (SSSR count). The second-order valence-electron chi connectivity index (χ2n) is 4.56. The molecule has 104 valence electrons. The molecule has 0 aromatic rings. The molecule has 1 heterocycles. The summed E-state index contributed by atoms with van der Waals surface area (Å²) in [5.74, 6) is -0.208. The number of carbonyl (C=O) groups excluding carboxylic acids is 1. The van der Waals surface area contributed by atoms with Crippen LogP contribution in [0.3, 0.4) is 0 Å². The molecule has 1 aliphatic heterocycles. The minimum absolute atomic E-state index is 0.127. The molecular weight excluding hydrogens is 260 g/mol. The van der Waals surface area contributed by atoms with E-state index in [4.69, 9.17) is 5.11 Å². The number of hydrogen-bond acceptors (Lipinski definition) is 4. The first kappa shape index (κ1) is 14.9. The molecule has 0 saturated carbocycles. The molecule has 8 heteroatoms. The van der Waals surface area contributed by atoms with E-state index in [0.29, 0.717) is 24.6 Å². The lowest BCUT2D eigenvalue weighted by Gasteiger charge is -2.28. The molecule has 0 aromatic carbocycles. The largest absolute Gasteiger partial charge is 0.481 e. The number of nitrogens with zero attached hydrogens (tertiary/aromatic N) is 1. The monoisotopic (exact) mass is 278 g/mol. The van der Waals surface area contributed by atoms with Crippen LogP contribution in [0.25, 0.3) is 0 Å². The summed E-state index contributed by atoms with van der Waals surface area (Å²) in [7, 11) is -0.855. The van der Waals surface area contributed by atoms with E-state index in [2.05, 4.69) is 5.32 Å². The van der Waals surface area contributed by atoms with Crippen LogP contribution in [0.5, 0.6) is 0 Å². The van der Waals surface area contributed by atoms with E-state index in [0.717, 1.165) is 0 Å². The Kier molecular flexibility index (Phi) is 5.09. The van der Waals surface area contributed by atoms with Crippen LogP contribution in [0.15, 0.2) is 0 Å². The van der Waals surface area contributed by atoms with Crippen LogP contribution in [-0.4, -0.2) is 68.1 Å². The van der Waals surface area contributed by atoms with Crippen LogP contribution in [-0.2, 0) is 15.6 Å². The summed E-state index contributed by atoms with van der Waals surface area (Å²) in [5, 5.41) is 20.8. The molecule has 3 N–H and O–H groups in total. The number of aliphatic hydroxyl groups is 1. The zero-order chi connectivity index (χ0) is 13.8. The highest BCUT2D eigenvalue weighted by Crippen LogP contribution is 2.08. The number of carbonyl (C=O) groups is 2. The number of urea groups is 1. The molecule has 0 aliphatic carbocycles. The highest BCUT2D eigenvalue weighted by Gasteiger charge is 2.26. The van der Waals surface area contributed by atoms with Crippen LogP contribution in [0, 0.1) is 0 Å². The van der Waals surface area contributed by atoms with Gasteiger partial charge in [0.1, 0.15) is 0 Å². The summed E-state index contributed by atoms with van der Waals surface area (Å²) in [4.78, 5) is 23.7. The third-order valence-corrected chi connectivity index (χ3v) is 3.89. The van der Waals surface area contributed by atoms with E-state index < -0.39 is 28.8 Å². The molecule has 0 spiro atoms. The number of rotatable bonds is 4. The van der Waals surface area contributed by atoms with Crippen molar-refractivity contribution in [2.24, 2.45) is 0 Å². The predicted octanol–water partition coefficient (Wildman–Crippen LogP) is -1.01. The van der Waals surface area contributed by atoms with Gasteiger partial charge in [-0.25, -0.2) is 4.79 Å². The second-order valence-corrected chi connectivity index (χ2v) is 6.26. The maximum atomic E-state index is 11.7. The molecule has 1 fully saturated rings. The average molecular weight is 278 g/mol. The fourth-order valence-electron chi connectivity index (χ4n) is 1.61. The standard InChI is InChI=1S/C10H18N2O5S/c1-10(16,6-8(13)14)7-11-9(15)12-2-4-18(17)5-3-12/h16H,2-7H2,1H3,(H,11,15)(H,13,14). The summed E-state index contributed by atoms with van der Waals surface area (Å²) in [6.45, 7) is 2.06. The quantitative estimate of drug-likeness (QED) is 0.610. The van der Waals surface area contributed by atoms with Crippen molar-refractivity contribution in [2.75, 3.05) is 31.1 Å². The summed E-state index contributed by atoms with van der Waals surface area (Å²) < 4.78 is 11.1. The Bertz CT molecular complexity index is 348. The molecule has 1 unspecified atom stereocenters.